The summed E-state index contributed by atoms with van der Waals surface area (Å²) < 4.78 is 0. The van der Waals surface area contributed by atoms with Crippen LogP contribution in [-0.4, -0.2) is 18.4 Å². The van der Waals surface area contributed by atoms with E-state index in [1.54, 1.807) is 0 Å². The molecule has 0 aromatic heterocycles. The van der Waals surface area contributed by atoms with Gasteiger partial charge in [-0.3, -0.25) is 5.43 Å². The van der Waals surface area contributed by atoms with Crippen LogP contribution in [-0.2, 0) is 0 Å². The number of hydrazine groups is 2. The van der Waals surface area contributed by atoms with Gasteiger partial charge in [-0.25, -0.2) is 5.53 Å². The lowest BCUT2D eigenvalue weighted by atomic mass is 10.1. The summed E-state index contributed by atoms with van der Waals surface area (Å²) in [6.07, 6.45) is 3.54. The summed E-state index contributed by atoms with van der Waals surface area (Å²) in [6, 6.07) is 0.614. The monoisotopic (exact) mass is 155 g/mol. The van der Waals surface area contributed by atoms with Crippen LogP contribution in [0.1, 0.15) is 19.3 Å². The molecule has 0 aromatic carbocycles. The molecule has 0 spiro atoms. The van der Waals surface area contributed by atoms with Crippen LogP contribution in [0.4, 0.5) is 0 Å². The molecule has 0 saturated carbocycles. The third-order valence-corrected chi connectivity index (χ3v) is 2.06. The SMILES string of the molecule is C1CN[C@@H](CC2=NNNN2)C1. The lowest BCUT2D eigenvalue weighted by Gasteiger charge is -2.07. The van der Waals surface area contributed by atoms with Gasteiger partial charge in [0, 0.05) is 12.5 Å². The molecule has 2 rings (SSSR count). The van der Waals surface area contributed by atoms with E-state index in [1.165, 1.54) is 12.8 Å². The number of nitrogens with zero attached hydrogens (tertiary/aromatic N) is 1. The molecule has 0 aliphatic carbocycles. The fraction of sp³-hybridized carbons (Fsp3) is 0.833. The Morgan fingerprint density at radius 3 is 3.18 bits per heavy atom. The van der Waals surface area contributed by atoms with Crippen LogP contribution in [0.15, 0.2) is 5.10 Å². The number of rotatable bonds is 2. The van der Waals surface area contributed by atoms with E-state index in [4.69, 9.17) is 0 Å². The average molecular weight is 155 g/mol. The lowest BCUT2D eigenvalue weighted by molar-refractivity contribution is 0.571. The molecular formula is C6H13N5. The summed E-state index contributed by atoms with van der Waals surface area (Å²) in [4.78, 5) is 0. The predicted molar refractivity (Wildman–Crippen MR) is 42.5 cm³/mol. The first-order chi connectivity index (χ1) is 5.45. The minimum absolute atomic E-state index is 0.614. The number of hydrazone groups is 1. The van der Waals surface area contributed by atoms with E-state index in [9.17, 15) is 0 Å². The standard InChI is InChI=1S/C6H13N5/c1-2-5(7-3-1)4-6-8-10-11-9-6/h5,7,10-11H,1-4H2,(H,8,9)/t5-/m1/s1. The molecule has 11 heavy (non-hydrogen) atoms. The third-order valence-electron chi connectivity index (χ3n) is 2.06. The van der Waals surface area contributed by atoms with Crippen molar-refractivity contribution in [1.82, 2.24) is 21.8 Å². The molecule has 5 nitrogen and oxygen atoms in total. The molecule has 1 fully saturated rings. The molecule has 0 radical (unpaired) electrons. The molecule has 0 bridgehead atoms. The Labute approximate surface area is 65.6 Å². The van der Waals surface area contributed by atoms with Gasteiger partial charge in [0.25, 0.3) is 0 Å². The summed E-state index contributed by atoms with van der Waals surface area (Å²) in [5.74, 6) is 0.990. The number of nitrogens with one attached hydrogen (secondary N) is 4. The minimum Gasteiger partial charge on any atom is -0.314 e. The van der Waals surface area contributed by atoms with Gasteiger partial charge < -0.3 is 5.32 Å². The fourth-order valence-corrected chi connectivity index (χ4v) is 1.48. The van der Waals surface area contributed by atoms with E-state index >= 15 is 0 Å². The molecule has 2 heterocycles. The van der Waals surface area contributed by atoms with E-state index < -0.39 is 0 Å². The molecule has 4 N–H and O–H groups in total. The molecule has 62 valence electrons. The highest BCUT2D eigenvalue weighted by Gasteiger charge is 2.17. The van der Waals surface area contributed by atoms with Gasteiger partial charge in [0.2, 0.25) is 0 Å². The zero-order valence-electron chi connectivity index (χ0n) is 6.35. The highest BCUT2D eigenvalue weighted by atomic mass is 15.8. The van der Waals surface area contributed by atoms with Crippen molar-refractivity contribution in [3.8, 4) is 0 Å². The van der Waals surface area contributed by atoms with Crippen LogP contribution in [0.2, 0.25) is 0 Å². The van der Waals surface area contributed by atoms with Gasteiger partial charge in [0.05, 0.1) is 0 Å². The van der Waals surface area contributed by atoms with Gasteiger partial charge in [-0.1, -0.05) is 0 Å². The van der Waals surface area contributed by atoms with Gasteiger partial charge in [-0.15, -0.1) is 10.6 Å². The zero-order chi connectivity index (χ0) is 7.52. The Hall–Kier alpha value is -0.810. The van der Waals surface area contributed by atoms with Gasteiger partial charge in [-0.2, -0.15) is 0 Å². The smallest absolute Gasteiger partial charge is 0.140 e. The Kier molecular flexibility index (Phi) is 1.91. The average Bonchev–Trinajstić information content (AvgIpc) is 2.60. The topological polar surface area (TPSA) is 60.5 Å². The van der Waals surface area contributed by atoms with E-state index in [0.29, 0.717) is 6.04 Å². The molecule has 2 aliphatic rings. The Balaban J connectivity index is 1.79. The maximum absolute atomic E-state index is 4.00. The summed E-state index contributed by atoms with van der Waals surface area (Å²) >= 11 is 0. The molecule has 0 aromatic rings. The molecule has 2 aliphatic heterocycles. The summed E-state index contributed by atoms with van der Waals surface area (Å²) in [7, 11) is 0. The third kappa shape index (κ3) is 1.61. The second-order valence-corrected chi connectivity index (χ2v) is 2.92. The minimum atomic E-state index is 0.614. The van der Waals surface area contributed by atoms with Crippen LogP contribution in [0.5, 0.6) is 0 Å². The van der Waals surface area contributed by atoms with Gasteiger partial charge >= 0.3 is 0 Å². The maximum atomic E-state index is 4.00. The Morgan fingerprint density at radius 2 is 2.55 bits per heavy atom. The number of hydrogen-bond donors (Lipinski definition) is 4. The van der Waals surface area contributed by atoms with Gasteiger partial charge in [-0.05, 0) is 19.4 Å². The summed E-state index contributed by atoms with van der Waals surface area (Å²) in [6.45, 7) is 1.15. The molecule has 5 heteroatoms. The van der Waals surface area contributed by atoms with Crippen molar-refractivity contribution in [2.24, 2.45) is 5.10 Å². The van der Waals surface area contributed by atoms with Crippen molar-refractivity contribution >= 4 is 5.84 Å². The van der Waals surface area contributed by atoms with Crippen molar-refractivity contribution in [2.45, 2.75) is 25.3 Å². The number of hydrogen-bond acceptors (Lipinski definition) is 5. The summed E-state index contributed by atoms with van der Waals surface area (Å²) in [5, 5.41) is 7.41. The largest absolute Gasteiger partial charge is 0.314 e. The van der Waals surface area contributed by atoms with Gasteiger partial charge in [0.15, 0.2) is 0 Å². The second-order valence-electron chi connectivity index (χ2n) is 2.92. The maximum Gasteiger partial charge on any atom is 0.140 e. The van der Waals surface area contributed by atoms with E-state index in [2.05, 4.69) is 26.9 Å². The first-order valence-corrected chi connectivity index (χ1v) is 4.01. The van der Waals surface area contributed by atoms with E-state index in [0.717, 1.165) is 18.8 Å². The lowest BCUT2D eigenvalue weighted by Crippen LogP contribution is -2.37. The molecule has 0 amide bonds. The van der Waals surface area contributed by atoms with Crippen molar-refractivity contribution in [3.05, 3.63) is 0 Å². The van der Waals surface area contributed by atoms with Crippen LogP contribution in [0, 0.1) is 0 Å². The van der Waals surface area contributed by atoms with E-state index in [-0.39, 0.29) is 0 Å². The van der Waals surface area contributed by atoms with Crippen LogP contribution in [0.25, 0.3) is 0 Å². The van der Waals surface area contributed by atoms with Gasteiger partial charge in [0.1, 0.15) is 5.84 Å². The van der Waals surface area contributed by atoms with Crippen LogP contribution in [0.3, 0.4) is 0 Å². The van der Waals surface area contributed by atoms with Crippen molar-refractivity contribution in [1.29, 1.82) is 0 Å². The van der Waals surface area contributed by atoms with E-state index in [1.807, 2.05) is 0 Å². The fourth-order valence-electron chi connectivity index (χ4n) is 1.48. The summed E-state index contributed by atoms with van der Waals surface area (Å²) in [5.41, 5.74) is 8.29. The molecular weight excluding hydrogens is 142 g/mol. The van der Waals surface area contributed by atoms with Crippen molar-refractivity contribution in [2.75, 3.05) is 6.54 Å². The Morgan fingerprint density at radius 1 is 1.55 bits per heavy atom. The first kappa shape index (κ1) is 6.87. The normalized spacial score (nSPS) is 29.5. The van der Waals surface area contributed by atoms with Crippen LogP contribution >= 0.6 is 0 Å². The highest BCUT2D eigenvalue weighted by molar-refractivity contribution is 5.82. The molecule has 1 atom stereocenters. The highest BCUT2D eigenvalue weighted by Crippen LogP contribution is 2.08. The first-order valence-electron chi connectivity index (χ1n) is 4.01. The number of amidine groups is 1. The van der Waals surface area contributed by atoms with Crippen molar-refractivity contribution in [3.63, 3.8) is 0 Å². The Bertz CT molecular complexity index is 160. The predicted octanol–water partition coefficient (Wildman–Crippen LogP) is -0.946. The quantitative estimate of drug-likeness (QED) is 0.415. The molecule has 1 saturated heterocycles. The zero-order valence-corrected chi connectivity index (χ0v) is 6.35. The van der Waals surface area contributed by atoms with Crippen LogP contribution < -0.4 is 21.8 Å². The second kappa shape index (κ2) is 3.06. The van der Waals surface area contributed by atoms with Crippen molar-refractivity contribution < 1.29 is 0 Å². The molecule has 0 unspecified atom stereocenters.